The summed E-state index contributed by atoms with van der Waals surface area (Å²) < 4.78 is 0. The molecule has 2 aromatic carbocycles. The van der Waals surface area contributed by atoms with E-state index in [4.69, 9.17) is 0 Å². The summed E-state index contributed by atoms with van der Waals surface area (Å²) in [7, 11) is 0. The maximum absolute atomic E-state index is 4.56. The van der Waals surface area contributed by atoms with E-state index in [1.54, 1.807) is 6.08 Å². The van der Waals surface area contributed by atoms with Gasteiger partial charge in [-0.2, -0.15) is 15.0 Å². The van der Waals surface area contributed by atoms with Gasteiger partial charge in [0.15, 0.2) is 0 Å². The van der Waals surface area contributed by atoms with Gasteiger partial charge in [-0.05, 0) is 61.7 Å². The van der Waals surface area contributed by atoms with Crippen molar-refractivity contribution in [1.82, 2.24) is 15.0 Å². The molecule has 0 saturated carbocycles. The molecular formula is C25H28N6. The number of benzene rings is 2. The van der Waals surface area contributed by atoms with E-state index >= 15 is 0 Å². The van der Waals surface area contributed by atoms with Crippen LogP contribution in [0, 0.1) is 13.8 Å². The molecule has 0 aliphatic carbocycles. The summed E-state index contributed by atoms with van der Waals surface area (Å²) in [5, 5.41) is 9.82. The average molecular weight is 413 g/mol. The summed E-state index contributed by atoms with van der Waals surface area (Å²) in [6.45, 7) is 9.90. The number of hydrogen-bond acceptors (Lipinski definition) is 6. The summed E-state index contributed by atoms with van der Waals surface area (Å²) in [5.74, 6) is 1.33. The van der Waals surface area contributed by atoms with Crippen LogP contribution in [0.3, 0.4) is 0 Å². The molecule has 0 fully saturated rings. The van der Waals surface area contributed by atoms with Crippen molar-refractivity contribution in [1.29, 1.82) is 0 Å². The Morgan fingerprint density at radius 1 is 0.871 bits per heavy atom. The van der Waals surface area contributed by atoms with Gasteiger partial charge >= 0.3 is 0 Å². The van der Waals surface area contributed by atoms with Gasteiger partial charge in [0.25, 0.3) is 0 Å². The van der Waals surface area contributed by atoms with E-state index in [-0.39, 0.29) is 0 Å². The Morgan fingerprint density at radius 2 is 1.42 bits per heavy atom. The molecule has 31 heavy (non-hydrogen) atoms. The molecule has 3 aromatic rings. The van der Waals surface area contributed by atoms with Crippen LogP contribution in [0.2, 0.25) is 0 Å². The van der Waals surface area contributed by atoms with Gasteiger partial charge in [0.1, 0.15) is 0 Å². The number of aryl methyl sites for hydroxylation is 2. The van der Waals surface area contributed by atoms with Gasteiger partial charge in [-0.15, -0.1) is 0 Å². The summed E-state index contributed by atoms with van der Waals surface area (Å²) in [6.07, 6.45) is 8.46. The molecule has 158 valence electrons. The lowest BCUT2D eigenvalue weighted by molar-refractivity contribution is 1.05. The molecule has 1 heterocycles. The quantitative estimate of drug-likeness (QED) is 0.352. The van der Waals surface area contributed by atoms with Gasteiger partial charge in [-0.1, -0.05) is 56.0 Å². The van der Waals surface area contributed by atoms with Gasteiger partial charge in [0, 0.05) is 17.1 Å². The topological polar surface area (TPSA) is 74.8 Å². The van der Waals surface area contributed by atoms with Gasteiger partial charge < -0.3 is 16.0 Å². The molecule has 1 aromatic heterocycles. The smallest absolute Gasteiger partial charge is 0.233 e. The molecule has 0 atom stereocenters. The minimum Gasteiger partial charge on any atom is -0.324 e. The van der Waals surface area contributed by atoms with Gasteiger partial charge in [-0.25, -0.2) is 0 Å². The zero-order valence-corrected chi connectivity index (χ0v) is 18.2. The van der Waals surface area contributed by atoms with Crippen molar-refractivity contribution < 1.29 is 0 Å². The number of anilines is 5. The first-order valence-electron chi connectivity index (χ1n) is 10.3. The summed E-state index contributed by atoms with van der Waals surface area (Å²) >= 11 is 0. The van der Waals surface area contributed by atoms with Crippen LogP contribution in [0.25, 0.3) is 0 Å². The van der Waals surface area contributed by atoms with Crippen molar-refractivity contribution in [2.45, 2.75) is 27.2 Å². The van der Waals surface area contributed by atoms with E-state index in [0.29, 0.717) is 17.8 Å². The number of hydrogen-bond donors (Lipinski definition) is 3. The van der Waals surface area contributed by atoms with Gasteiger partial charge in [0.05, 0.1) is 0 Å². The molecule has 0 bridgehead atoms. The molecule has 0 radical (unpaired) electrons. The van der Waals surface area contributed by atoms with Crippen molar-refractivity contribution in [3.8, 4) is 0 Å². The number of rotatable bonds is 9. The van der Waals surface area contributed by atoms with Crippen molar-refractivity contribution in [2.24, 2.45) is 0 Å². The molecule has 3 rings (SSSR count). The largest absolute Gasteiger partial charge is 0.324 e. The average Bonchev–Trinajstić information content (AvgIpc) is 2.72. The maximum Gasteiger partial charge on any atom is 0.233 e. The predicted octanol–water partition coefficient (Wildman–Crippen LogP) is 6.42. The van der Waals surface area contributed by atoms with Gasteiger partial charge in [-0.3, -0.25) is 0 Å². The fourth-order valence-corrected chi connectivity index (χ4v) is 2.93. The summed E-state index contributed by atoms with van der Waals surface area (Å²) in [5.41, 5.74) is 5.01. The second-order valence-corrected chi connectivity index (χ2v) is 7.08. The molecular weight excluding hydrogens is 384 g/mol. The fraction of sp³-hybridized carbons (Fsp3) is 0.160. The highest BCUT2D eigenvalue weighted by Gasteiger charge is 2.09. The highest BCUT2D eigenvalue weighted by Crippen LogP contribution is 2.20. The van der Waals surface area contributed by atoms with Crippen LogP contribution in [0.1, 0.15) is 24.5 Å². The van der Waals surface area contributed by atoms with E-state index in [1.807, 2.05) is 74.5 Å². The second-order valence-electron chi connectivity index (χ2n) is 7.08. The van der Waals surface area contributed by atoms with Crippen LogP contribution in [0.15, 0.2) is 85.1 Å². The highest BCUT2D eigenvalue weighted by atomic mass is 15.3. The SMILES string of the molecule is C=C/C=C\C(=C/CC)Nc1nc(Nc2cccc(C)c2)nc(Nc2cccc(C)c2)n1. The first-order valence-corrected chi connectivity index (χ1v) is 10.3. The minimum absolute atomic E-state index is 0.439. The number of allylic oxidation sites excluding steroid dienone is 4. The third kappa shape index (κ3) is 6.82. The maximum atomic E-state index is 4.56. The Hall–Kier alpha value is -3.93. The second kappa shape index (κ2) is 10.7. The van der Waals surface area contributed by atoms with Crippen LogP contribution in [0.4, 0.5) is 29.2 Å². The molecule has 0 amide bonds. The lowest BCUT2D eigenvalue weighted by Gasteiger charge is -2.12. The number of aromatic nitrogens is 3. The fourth-order valence-electron chi connectivity index (χ4n) is 2.93. The third-order valence-corrected chi connectivity index (χ3v) is 4.28. The van der Waals surface area contributed by atoms with Gasteiger partial charge in [0.2, 0.25) is 17.8 Å². The van der Waals surface area contributed by atoms with E-state index < -0.39 is 0 Å². The number of nitrogens with one attached hydrogen (secondary N) is 3. The van der Waals surface area contributed by atoms with Crippen molar-refractivity contribution in [2.75, 3.05) is 16.0 Å². The minimum atomic E-state index is 0.439. The third-order valence-electron chi connectivity index (χ3n) is 4.28. The molecule has 0 aliphatic rings. The van der Waals surface area contributed by atoms with E-state index in [0.717, 1.165) is 34.6 Å². The van der Waals surface area contributed by atoms with E-state index in [1.165, 1.54) is 0 Å². The Kier molecular flexibility index (Phi) is 7.54. The molecule has 6 nitrogen and oxygen atoms in total. The Morgan fingerprint density at radius 3 is 1.90 bits per heavy atom. The Labute approximate surface area is 183 Å². The normalized spacial score (nSPS) is 11.4. The number of nitrogens with zero attached hydrogens (tertiary/aromatic N) is 3. The first kappa shape index (κ1) is 21.8. The zero-order valence-electron chi connectivity index (χ0n) is 18.2. The lowest BCUT2D eigenvalue weighted by atomic mass is 10.2. The Balaban J connectivity index is 1.95. The van der Waals surface area contributed by atoms with Crippen LogP contribution < -0.4 is 16.0 Å². The highest BCUT2D eigenvalue weighted by molar-refractivity contribution is 5.60. The van der Waals surface area contributed by atoms with Crippen LogP contribution in [-0.2, 0) is 0 Å². The zero-order chi connectivity index (χ0) is 22.1. The van der Waals surface area contributed by atoms with Crippen LogP contribution >= 0.6 is 0 Å². The van der Waals surface area contributed by atoms with E-state index in [9.17, 15) is 0 Å². The lowest BCUT2D eigenvalue weighted by Crippen LogP contribution is -2.09. The van der Waals surface area contributed by atoms with Crippen LogP contribution in [0.5, 0.6) is 0 Å². The predicted molar refractivity (Wildman–Crippen MR) is 130 cm³/mol. The molecule has 0 unspecified atom stereocenters. The molecule has 3 N–H and O–H groups in total. The summed E-state index contributed by atoms with van der Waals surface area (Å²) in [6, 6.07) is 16.1. The van der Waals surface area contributed by atoms with Crippen molar-refractivity contribution >= 4 is 29.2 Å². The van der Waals surface area contributed by atoms with E-state index in [2.05, 4.69) is 50.5 Å². The molecule has 6 heteroatoms. The first-order chi connectivity index (χ1) is 15.1. The van der Waals surface area contributed by atoms with Crippen molar-refractivity contribution in [3.63, 3.8) is 0 Å². The standard InChI is InChI=1S/C25H28N6/c1-5-7-13-20(10-6-2)26-23-29-24(27-21-14-8-11-18(3)16-21)31-25(30-23)28-22-15-9-12-19(4)17-22/h5,7-17H,1,6H2,2-4H3,(H3,26,27,28,29,30,31)/b13-7-,20-10+. The van der Waals surface area contributed by atoms with Crippen LogP contribution in [-0.4, -0.2) is 15.0 Å². The van der Waals surface area contributed by atoms with Crippen molar-refractivity contribution in [3.05, 3.63) is 96.2 Å². The summed E-state index contributed by atoms with van der Waals surface area (Å²) in [4.78, 5) is 13.7. The monoisotopic (exact) mass is 412 g/mol. The molecule has 0 spiro atoms. The molecule has 0 aliphatic heterocycles. The molecule has 0 saturated heterocycles. The Bertz CT molecular complexity index is 1030.